The number of benzene rings is 2. The van der Waals surface area contributed by atoms with E-state index in [1.54, 1.807) is 18.2 Å². The molecular formula is C19H17F3N4O3. The fraction of sp³-hybridized carbons (Fsp3) is 0.211. The number of para-hydroxylation sites is 2. The van der Waals surface area contributed by atoms with Crippen molar-refractivity contribution in [2.45, 2.75) is 6.18 Å². The third kappa shape index (κ3) is 7.06. The Hall–Kier alpha value is -3.74. The molecular weight excluding hydrogens is 389 g/mol. The molecule has 0 aliphatic carbocycles. The molecule has 0 saturated heterocycles. The maximum absolute atomic E-state index is 12.6. The average molecular weight is 406 g/mol. The largest absolute Gasteiger partial charge is 0.416 e. The van der Waals surface area contributed by atoms with E-state index < -0.39 is 22.7 Å². The van der Waals surface area contributed by atoms with Crippen molar-refractivity contribution in [1.29, 1.82) is 0 Å². The SMILES string of the molecule is O=C(NCC#Cc1cccc(C(F)(F)F)c1)NCCNc1ccccc1[N+](=O)[O-]. The predicted octanol–water partition coefficient (Wildman–Crippen LogP) is 3.38. The first kappa shape index (κ1) is 21.6. The number of nitro groups is 1. The number of nitrogens with one attached hydrogen (secondary N) is 3. The molecule has 0 unspecified atom stereocenters. The molecule has 10 heteroatoms. The van der Waals surface area contributed by atoms with Gasteiger partial charge in [-0.1, -0.05) is 30.0 Å². The standard InChI is InChI=1S/C19H17F3N4O3/c20-19(21,22)15-7-3-5-14(13-15)6-4-10-24-18(27)25-12-11-23-16-8-1-2-9-17(16)26(28)29/h1-3,5,7-9,13,23H,10-12H2,(H2,24,25,27). The molecule has 152 valence electrons. The molecule has 0 spiro atoms. The number of rotatable bonds is 6. The monoisotopic (exact) mass is 406 g/mol. The van der Waals surface area contributed by atoms with E-state index in [-0.39, 0.29) is 30.9 Å². The Bertz CT molecular complexity index is 936. The lowest BCUT2D eigenvalue weighted by molar-refractivity contribution is -0.384. The molecule has 2 aromatic rings. The van der Waals surface area contributed by atoms with Crippen molar-refractivity contribution in [2.75, 3.05) is 25.0 Å². The van der Waals surface area contributed by atoms with Gasteiger partial charge in [-0.2, -0.15) is 13.2 Å². The van der Waals surface area contributed by atoms with E-state index in [0.717, 1.165) is 12.1 Å². The first-order valence-corrected chi connectivity index (χ1v) is 8.42. The molecule has 2 aromatic carbocycles. The Kier molecular flexibility index (Phi) is 7.42. The molecule has 0 saturated carbocycles. The minimum Gasteiger partial charge on any atom is -0.378 e. The summed E-state index contributed by atoms with van der Waals surface area (Å²) >= 11 is 0. The molecule has 0 heterocycles. The smallest absolute Gasteiger partial charge is 0.378 e. The molecule has 0 radical (unpaired) electrons. The summed E-state index contributed by atoms with van der Waals surface area (Å²) in [5.74, 6) is 5.12. The van der Waals surface area contributed by atoms with Gasteiger partial charge in [-0.3, -0.25) is 10.1 Å². The molecule has 2 amide bonds. The van der Waals surface area contributed by atoms with E-state index in [2.05, 4.69) is 27.8 Å². The van der Waals surface area contributed by atoms with Gasteiger partial charge in [0.15, 0.2) is 0 Å². The highest BCUT2D eigenvalue weighted by atomic mass is 19.4. The number of halogens is 3. The van der Waals surface area contributed by atoms with Crippen LogP contribution in [0, 0.1) is 22.0 Å². The molecule has 3 N–H and O–H groups in total. The van der Waals surface area contributed by atoms with Crippen LogP contribution in [0.25, 0.3) is 0 Å². The number of carbonyl (C=O) groups excluding carboxylic acids is 1. The van der Waals surface area contributed by atoms with Crippen LogP contribution < -0.4 is 16.0 Å². The minimum atomic E-state index is -4.44. The molecule has 0 aromatic heterocycles. The highest BCUT2D eigenvalue weighted by molar-refractivity contribution is 5.74. The zero-order chi connectivity index (χ0) is 21.3. The summed E-state index contributed by atoms with van der Waals surface area (Å²) < 4.78 is 37.9. The Morgan fingerprint density at radius 3 is 2.55 bits per heavy atom. The number of alkyl halides is 3. The van der Waals surface area contributed by atoms with Crippen LogP contribution in [-0.2, 0) is 6.18 Å². The lowest BCUT2D eigenvalue weighted by Crippen LogP contribution is -2.38. The number of urea groups is 1. The molecule has 7 nitrogen and oxygen atoms in total. The summed E-state index contributed by atoms with van der Waals surface area (Å²) in [5, 5.41) is 18.7. The van der Waals surface area contributed by atoms with E-state index >= 15 is 0 Å². The van der Waals surface area contributed by atoms with E-state index in [0.29, 0.717) is 5.69 Å². The van der Waals surface area contributed by atoms with Gasteiger partial charge < -0.3 is 16.0 Å². The fourth-order valence-electron chi connectivity index (χ4n) is 2.26. The van der Waals surface area contributed by atoms with Gasteiger partial charge in [-0.05, 0) is 24.3 Å². The Labute approximate surface area is 164 Å². The molecule has 0 aliphatic rings. The Balaban J connectivity index is 1.73. The minimum absolute atomic E-state index is 0.0559. The van der Waals surface area contributed by atoms with Crippen molar-refractivity contribution in [2.24, 2.45) is 0 Å². The first-order chi connectivity index (χ1) is 13.8. The van der Waals surface area contributed by atoms with Gasteiger partial charge in [0.05, 0.1) is 17.0 Å². The van der Waals surface area contributed by atoms with E-state index in [1.807, 2.05) is 0 Å². The fourth-order valence-corrected chi connectivity index (χ4v) is 2.26. The molecule has 0 bridgehead atoms. The molecule has 0 fully saturated rings. The second-order valence-corrected chi connectivity index (χ2v) is 5.69. The summed E-state index contributed by atoms with van der Waals surface area (Å²) in [5.41, 5.74) is -0.328. The predicted molar refractivity (Wildman–Crippen MR) is 101 cm³/mol. The quantitative estimate of drug-likeness (QED) is 0.297. The van der Waals surface area contributed by atoms with Crippen LogP contribution in [0.15, 0.2) is 48.5 Å². The van der Waals surface area contributed by atoms with Crippen molar-refractivity contribution in [3.63, 3.8) is 0 Å². The number of carbonyl (C=O) groups is 1. The highest BCUT2D eigenvalue weighted by Gasteiger charge is 2.30. The maximum atomic E-state index is 12.6. The van der Waals surface area contributed by atoms with Crippen molar-refractivity contribution in [1.82, 2.24) is 10.6 Å². The maximum Gasteiger partial charge on any atom is 0.416 e. The molecule has 2 rings (SSSR count). The summed E-state index contributed by atoms with van der Waals surface area (Å²) in [4.78, 5) is 22.0. The van der Waals surface area contributed by atoms with Gasteiger partial charge >= 0.3 is 12.2 Å². The number of nitro benzene ring substituents is 1. The summed E-state index contributed by atoms with van der Waals surface area (Å²) in [6, 6.07) is 10.2. The summed E-state index contributed by atoms with van der Waals surface area (Å²) in [7, 11) is 0. The van der Waals surface area contributed by atoms with Crippen molar-refractivity contribution in [3.8, 4) is 11.8 Å². The van der Waals surface area contributed by atoms with Gasteiger partial charge in [0.2, 0.25) is 0 Å². The van der Waals surface area contributed by atoms with Crippen LogP contribution in [0.3, 0.4) is 0 Å². The zero-order valence-electron chi connectivity index (χ0n) is 15.0. The number of hydrogen-bond donors (Lipinski definition) is 3. The number of nitrogens with zero attached hydrogens (tertiary/aromatic N) is 1. The van der Waals surface area contributed by atoms with Crippen LogP contribution in [-0.4, -0.2) is 30.6 Å². The van der Waals surface area contributed by atoms with Gasteiger partial charge in [0, 0.05) is 24.7 Å². The van der Waals surface area contributed by atoms with Gasteiger partial charge in [0.25, 0.3) is 5.69 Å². The van der Waals surface area contributed by atoms with Crippen LogP contribution in [0.1, 0.15) is 11.1 Å². The second-order valence-electron chi connectivity index (χ2n) is 5.69. The zero-order valence-corrected chi connectivity index (χ0v) is 15.0. The lowest BCUT2D eigenvalue weighted by Gasteiger charge is -2.08. The highest BCUT2D eigenvalue weighted by Crippen LogP contribution is 2.29. The Morgan fingerprint density at radius 2 is 1.83 bits per heavy atom. The van der Waals surface area contributed by atoms with Crippen LogP contribution >= 0.6 is 0 Å². The number of hydrogen-bond acceptors (Lipinski definition) is 4. The third-order valence-corrected chi connectivity index (χ3v) is 3.59. The van der Waals surface area contributed by atoms with E-state index in [1.165, 1.54) is 18.2 Å². The molecule has 0 atom stereocenters. The van der Waals surface area contributed by atoms with Gasteiger partial charge in [-0.15, -0.1) is 0 Å². The first-order valence-electron chi connectivity index (χ1n) is 8.42. The Morgan fingerprint density at radius 1 is 1.07 bits per heavy atom. The molecule has 29 heavy (non-hydrogen) atoms. The summed E-state index contributed by atoms with van der Waals surface area (Å²) in [6.07, 6.45) is -4.44. The molecule has 0 aliphatic heterocycles. The lowest BCUT2D eigenvalue weighted by atomic mass is 10.1. The van der Waals surface area contributed by atoms with E-state index in [9.17, 15) is 28.1 Å². The van der Waals surface area contributed by atoms with Crippen molar-refractivity contribution in [3.05, 3.63) is 69.8 Å². The normalized spacial score (nSPS) is 10.4. The second kappa shape index (κ2) is 9.98. The van der Waals surface area contributed by atoms with Crippen LogP contribution in [0.5, 0.6) is 0 Å². The third-order valence-electron chi connectivity index (χ3n) is 3.59. The topological polar surface area (TPSA) is 96.3 Å². The van der Waals surface area contributed by atoms with Crippen LogP contribution in [0.2, 0.25) is 0 Å². The van der Waals surface area contributed by atoms with E-state index in [4.69, 9.17) is 0 Å². The summed E-state index contributed by atoms with van der Waals surface area (Å²) in [6.45, 7) is 0.396. The van der Waals surface area contributed by atoms with Crippen molar-refractivity contribution < 1.29 is 22.9 Å². The van der Waals surface area contributed by atoms with Gasteiger partial charge in [-0.25, -0.2) is 4.79 Å². The average Bonchev–Trinajstić information content (AvgIpc) is 2.68. The number of amides is 2. The van der Waals surface area contributed by atoms with Crippen LogP contribution in [0.4, 0.5) is 29.3 Å². The van der Waals surface area contributed by atoms with Gasteiger partial charge in [0.1, 0.15) is 5.69 Å². The van der Waals surface area contributed by atoms with Crippen molar-refractivity contribution >= 4 is 17.4 Å². The number of anilines is 1.